The van der Waals surface area contributed by atoms with Crippen LogP contribution >= 0.6 is 0 Å². The summed E-state index contributed by atoms with van der Waals surface area (Å²) in [4.78, 5) is 16.7. The highest BCUT2D eigenvalue weighted by Gasteiger charge is 2.25. The number of likely N-dealkylation sites (N-methyl/N-ethyl adjacent to an activating group) is 1. The largest absolute Gasteiger partial charge is 0.465 e. The average molecular weight is 324 g/mol. The lowest BCUT2D eigenvalue weighted by atomic mass is 10.0. The Balaban J connectivity index is 1.56. The van der Waals surface area contributed by atoms with Gasteiger partial charge in [-0.2, -0.15) is 0 Å². The normalized spacial score (nSPS) is 18.4. The second kappa shape index (κ2) is 7.97. The Kier molecular flexibility index (Phi) is 5.49. The van der Waals surface area contributed by atoms with Crippen LogP contribution in [0, 0.1) is 0 Å². The number of benzene rings is 1. The molecule has 1 fully saturated rings. The Labute approximate surface area is 143 Å². The molecule has 0 bridgehead atoms. The minimum Gasteiger partial charge on any atom is -0.465 e. The Morgan fingerprint density at radius 2 is 2.12 bits per heavy atom. The van der Waals surface area contributed by atoms with Crippen molar-refractivity contribution in [1.29, 1.82) is 0 Å². The predicted octanol–water partition coefficient (Wildman–Crippen LogP) is 3.42. The molecule has 1 unspecified atom stereocenters. The summed E-state index contributed by atoms with van der Waals surface area (Å²) in [7, 11) is 2.14. The number of hydrogen-bond donors (Lipinski definition) is 0. The van der Waals surface area contributed by atoms with Gasteiger partial charge in [-0.3, -0.25) is 9.69 Å². The zero-order valence-corrected chi connectivity index (χ0v) is 14.1. The first-order valence-corrected chi connectivity index (χ1v) is 8.47. The van der Waals surface area contributed by atoms with E-state index in [-0.39, 0.29) is 5.91 Å². The highest BCUT2D eigenvalue weighted by molar-refractivity contribution is 5.91. The second-order valence-corrected chi connectivity index (χ2v) is 6.33. The maximum atomic E-state index is 12.4. The van der Waals surface area contributed by atoms with Crippen LogP contribution in [0.2, 0.25) is 0 Å². The third-order valence-electron chi connectivity index (χ3n) is 4.54. The van der Waals surface area contributed by atoms with Gasteiger partial charge in [-0.1, -0.05) is 30.3 Å². The highest BCUT2D eigenvalue weighted by Crippen LogP contribution is 2.17. The van der Waals surface area contributed by atoms with Crippen LogP contribution in [0.1, 0.15) is 24.2 Å². The van der Waals surface area contributed by atoms with Crippen molar-refractivity contribution >= 4 is 12.0 Å². The third-order valence-corrected chi connectivity index (χ3v) is 4.54. The number of rotatable bonds is 5. The Morgan fingerprint density at radius 3 is 2.88 bits per heavy atom. The summed E-state index contributed by atoms with van der Waals surface area (Å²) in [5.41, 5.74) is 1.31. The van der Waals surface area contributed by atoms with E-state index in [0.29, 0.717) is 11.8 Å². The van der Waals surface area contributed by atoms with E-state index < -0.39 is 0 Å². The van der Waals surface area contributed by atoms with Gasteiger partial charge in [0, 0.05) is 31.8 Å². The maximum Gasteiger partial charge on any atom is 0.246 e. The van der Waals surface area contributed by atoms with E-state index in [4.69, 9.17) is 4.42 Å². The molecule has 0 aliphatic carbocycles. The predicted molar refractivity (Wildman–Crippen MR) is 95.3 cm³/mol. The van der Waals surface area contributed by atoms with Crippen LogP contribution in [0.15, 0.2) is 59.2 Å². The molecule has 126 valence electrons. The van der Waals surface area contributed by atoms with E-state index in [1.807, 2.05) is 23.1 Å². The van der Waals surface area contributed by atoms with E-state index in [9.17, 15) is 4.79 Å². The molecule has 0 spiro atoms. The fraction of sp³-hybridized carbons (Fsp3) is 0.350. The van der Waals surface area contributed by atoms with E-state index in [2.05, 4.69) is 36.2 Å². The summed E-state index contributed by atoms with van der Waals surface area (Å²) in [5.74, 6) is 0.766. The number of furan rings is 1. The van der Waals surface area contributed by atoms with Crippen molar-refractivity contribution in [3.63, 3.8) is 0 Å². The lowest BCUT2D eigenvalue weighted by Gasteiger charge is -2.37. The van der Waals surface area contributed by atoms with Crippen molar-refractivity contribution in [1.82, 2.24) is 9.80 Å². The third kappa shape index (κ3) is 4.36. The van der Waals surface area contributed by atoms with Crippen LogP contribution in [-0.4, -0.2) is 41.9 Å². The summed E-state index contributed by atoms with van der Waals surface area (Å²) in [6.07, 6.45) is 7.14. The Bertz CT molecular complexity index is 664. The summed E-state index contributed by atoms with van der Waals surface area (Å²) in [6.45, 7) is 2.53. The van der Waals surface area contributed by atoms with Gasteiger partial charge >= 0.3 is 0 Å². The fourth-order valence-corrected chi connectivity index (χ4v) is 3.16. The molecule has 0 radical (unpaired) electrons. The summed E-state index contributed by atoms with van der Waals surface area (Å²) >= 11 is 0. The van der Waals surface area contributed by atoms with Gasteiger partial charge in [-0.05, 0) is 43.7 Å². The quantitative estimate of drug-likeness (QED) is 0.791. The summed E-state index contributed by atoms with van der Waals surface area (Å²) in [6, 6.07) is 14.5. The average Bonchev–Trinajstić information content (AvgIpc) is 3.14. The molecule has 0 saturated carbocycles. The van der Waals surface area contributed by atoms with Gasteiger partial charge in [0.25, 0.3) is 0 Å². The van der Waals surface area contributed by atoms with Gasteiger partial charge in [0.15, 0.2) is 0 Å². The SMILES string of the molecule is CN(Cc1ccccc1)C1CCCN(C(=O)/C=C/c2ccco2)C1. The van der Waals surface area contributed by atoms with E-state index in [1.165, 1.54) is 5.56 Å². The van der Waals surface area contributed by atoms with Crippen LogP contribution in [0.25, 0.3) is 6.08 Å². The summed E-state index contributed by atoms with van der Waals surface area (Å²) in [5, 5.41) is 0. The first kappa shape index (κ1) is 16.5. The van der Waals surface area contributed by atoms with Crippen LogP contribution < -0.4 is 0 Å². The molecule has 1 amide bonds. The van der Waals surface area contributed by atoms with Crippen LogP contribution in [0.5, 0.6) is 0 Å². The summed E-state index contributed by atoms with van der Waals surface area (Å²) < 4.78 is 5.23. The van der Waals surface area contributed by atoms with Gasteiger partial charge in [-0.25, -0.2) is 0 Å². The molecule has 1 aromatic carbocycles. The topological polar surface area (TPSA) is 36.7 Å². The van der Waals surface area contributed by atoms with Gasteiger partial charge in [-0.15, -0.1) is 0 Å². The molecule has 1 aliphatic heterocycles. The molecule has 1 saturated heterocycles. The zero-order valence-electron chi connectivity index (χ0n) is 14.1. The van der Waals surface area contributed by atoms with Crippen LogP contribution in [0.3, 0.4) is 0 Å². The Hall–Kier alpha value is -2.33. The smallest absolute Gasteiger partial charge is 0.246 e. The fourth-order valence-electron chi connectivity index (χ4n) is 3.16. The van der Waals surface area contributed by atoms with Crippen LogP contribution in [-0.2, 0) is 11.3 Å². The molecular formula is C20H24N2O2. The number of likely N-dealkylation sites (tertiary alicyclic amines) is 1. The Morgan fingerprint density at radius 1 is 1.29 bits per heavy atom. The van der Waals surface area contributed by atoms with Crippen molar-refractivity contribution in [2.75, 3.05) is 20.1 Å². The van der Waals surface area contributed by atoms with Crippen molar-refractivity contribution in [3.8, 4) is 0 Å². The molecule has 4 nitrogen and oxygen atoms in total. The molecule has 1 atom stereocenters. The number of carbonyl (C=O) groups excluding carboxylic acids is 1. The maximum absolute atomic E-state index is 12.4. The molecule has 4 heteroatoms. The van der Waals surface area contributed by atoms with Gasteiger partial charge in [0.2, 0.25) is 5.91 Å². The number of hydrogen-bond acceptors (Lipinski definition) is 3. The zero-order chi connectivity index (χ0) is 16.8. The number of piperidine rings is 1. The first-order valence-electron chi connectivity index (χ1n) is 8.47. The van der Waals surface area contributed by atoms with Crippen molar-refractivity contribution < 1.29 is 9.21 Å². The minimum atomic E-state index is 0.0595. The molecule has 1 aliphatic rings. The molecular weight excluding hydrogens is 300 g/mol. The molecule has 0 N–H and O–H groups in total. The highest BCUT2D eigenvalue weighted by atomic mass is 16.3. The monoisotopic (exact) mass is 324 g/mol. The van der Waals surface area contributed by atoms with Gasteiger partial charge < -0.3 is 9.32 Å². The van der Waals surface area contributed by atoms with Crippen molar-refractivity contribution in [2.45, 2.75) is 25.4 Å². The molecule has 3 rings (SSSR count). The number of nitrogens with zero attached hydrogens (tertiary/aromatic N) is 2. The van der Waals surface area contributed by atoms with Crippen molar-refractivity contribution in [2.24, 2.45) is 0 Å². The molecule has 2 aromatic rings. The van der Waals surface area contributed by atoms with Gasteiger partial charge in [0.05, 0.1) is 6.26 Å². The van der Waals surface area contributed by atoms with Gasteiger partial charge in [0.1, 0.15) is 5.76 Å². The molecule has 1 aromatic heterocycles. The van der Waals surface area contributed by atoms with E-state index in [1.54, 1.807) is 18.4 Å². The second-order valence-electron chi connectivity index (χ2n) is 6.33. The lowest BCUT2D eigenvalue weighted by molar-refractivity contribution is -0.128. The molecule has 24 heavy (non-hydrogen) atoms. The molecule has 2 heterocycles. The lowest BCUT2D eigenvalue weighted by Crippen LogP contribution is -2.47. The van der Waals surface area contributed by atoms with E-state index in [0.717, 1.165) is 32.5 Å². The van der Waals surface area contributed by atoms with Crippen molar-refractivity contribution in [3.05, 3.63) is 66.1 Å². The standard InChI is InChI=1S/C20H24N2O2/c1-21(15-17-7-3-2-4-8-17)18-9-5-13-22(16-18)20(23)12-11-19-10-6-14-24-19/h2-4,6-8,10-12,14,18H,5,9,13,15-16H2,1H3/b12-11+. The minimum absolute atomic E-state index is 0.0595. The first-order chi connectivity index (χ1) is 11.7. The number of carbonyl (C=O) groups is 1. The number of amides is 1. The van der Waals surface area contributed by atoms with E-state index >= 15 is 0 Å². The van der Waals surface area contributed by atoms with Crippen LogP contribution in [0.4, 0.5) is 0 Å².